The summed E-state index contributed by atoms with van der Waals surface area (Å²) in [7, 11) is 0. The van der Waals surface area contributed by atoms with Crippen LogP contribution in [0.25, 0.3) is 0 Å². The fraction of sp³-hybridized carbons (Fsp3) is 0.333. The number of hydrogen-bond donors (Lipinski definition) is 2. The third-order valence-corrected chi connectivity index (χ3v) is 1.90. The number of alkyl halides is 4. The molecule has 0 aliphatic rings. The maximum atomic E-state index is 12.5. The predicted octanol–water partition coefficient (Wildman–Crippen LogP) is 1.37. The van der Waals surface area contributed by atoms with E-state index in [1.54, 1.807) is 4.98 Å². The van der Waals surface area contributed by atoms with Gasteiger partial charge in [-0.15, -0.1) is 13.2 Å². The molecule has 2 N–H and O–H groups in total. The van der Waals surface area contributed by atoms with Crippen LogP contribution >= 0.6 is 0 Å². The standard InChI is InChI=1S/C9H7F4NO4/c10-3-4-1-6(18-9(11,12)13)14-8(17)5(4)2-7(15)16/h1H,2-3H2,(H,14,17)(H,15,16). The Morgan fingerprint density at radius 3 is 2.50 bits per heavy atom. The van der Waals surface area contributed by atoms with E-state index in [1.807, 2.05) is 0 Å². The molecule has 0 aliphatic heterocycles. The molecule has 1 aromatic heterocycles. The van der Waals surface area contributed by atoms with Gasteiger partial charge in [-0.1, -0.05) is 0 Å². The molecule has 0 radical (unpaired) electrons. The van der Waals surface area contributed by atoms with E-state index >= 15 is 0 Å². The molecule has 0 fully saturated rings. The molecule has 0 saturated carbocycles. The quantitative estimate of drug-likeness (QED) is 0.809. The number of ether oxygens (including phenoxy) is 1. The molecular weight excluding hydrogens is 262 g/mol. The largest absolute Gasteiger partial charge is 0.574 e. The summed E-state index contributed by atoms with van der Waals surface area (Å²) >= 11 is 0. The number of aromatic amines is 1. The highest BCUT2D eigenvalue weighted by Crippen LogP contribution is 2.21. The van der Waals surface area contributed by atoms with E-state index in [2.05, 4.69) is 4.74 Å². The number of nitrogens with one attached hydrogen (secondary N) is 1. The fourth-order valence-electron chi connectivity index (χ4n) is 1.26. The first kappa shape index (κ1) is 14.0. The summed E-state index contributed by atoms with van der Waals surface area (Å²) in [5.74, 6) is -2.39. The lowest BCUT2D eigenvalue weighted by atomic mass is 10.1. The van der Waals surface area contributed by atoms with Crippen molar-refractivity contribution in [3.8, 4) is 5.88 Å². The molecule has 0 atom stereocenters. The minimum Gasteiger partial charge on any atom is -0.481 e. The summed E-state index contributed by atoms with van der Waals surface area (Å²) in [6.07, 6.45) is -5.83. The van der Waals surface area contributed by atoms with Crippen LogP contribution in [0.1, 0.15) is 11.1 Å². The zero-order valence-electron chi connectivity index (χ0n) is 8.68. The summed E-state index contributed by atoms with van der Waals surface area (Å²) in [5.41, 5.74) is -2.04. The van der Waals surface area contributed by atoms with Gasteiger partial charge in [0.2, 0.25) is 5.88 Å². The van der Waals surface area contributed by atoms with Gasteiger partial charge in [0.15, 0.2) is 0 Å². The normalized spacial score (nSPS) is 11.3. The fourth-order valence-corrected chi connectivity index (χ4v) is 1.26. The number of pyridine rings is 1. The maximum absolute atomic E-state index is 12.5. The van der Waals surface area contributed by atoms with Crippen molar-refractivity contribution in [1.82, 2.24) is 4.98 Å². The zero-order valence-corrected chi connectivity index (χ0v) is 8.68. The van der Waals surface area contributed by atoms with Gasteiger partial charge in [-0.2, -0.15) is 0 Å². The zero-order chi connectivity index (χ0) is 13.9. The van der Waals surface area contributed by atoms with E-state index in [0.29, 0.717) is 6.07 Å². The van der Waals surface area contributed by atoms with Crippen molar-refractivity contribution in [2.75, 3.05) is 0 Å². The van der Waals surface area contributed by atoms with E-state index in [9.17, 15) is 27.2 Å². The third-order valence-electron chi connectivity index (χ3n) is 1.90. The second-order valence-corrected chi connectivity index (χ2v) is 3.22. The monoisotopic (exact) mass is 269 g/mol. The molecule has 100 valence electrons. The number of carboxylic acid groups (broad SMARTS) is 1. The van der Waals surface area contributed by atoms with E-state index in [4.69, 9.17) is 5.11 Å². The van der Waals surface area contributed by atoms with Gasteiger partial charge < -0.3 is 9.84 Å². The SMILES string of the molecule is O=C(O)Cc1c(CF)cc(OC(F)(F)F)[nH]c1=O. The molecule has 0 amide bonds. The molecule has 0 aromatic carbocycles. The van der Waals surface area contributed by atoms with Gasteiger partial charge >= 0.3 is 12.3 Å². The minimum absolute atomic E-state index is 0.445. The lowest BCUT2D eigenvalue weighted by molar-refractivity contribution is -0.276. The summed E-state index contributed by atoms with van der Waals surface area (Å²) in [6.45, 7) is -1.28. The average molecular weight is 269 g/mol. The van der Waals surface area contributed by atoms with Crippen LogP contribution in [0.4, 0.5) is 17.6 Å². The lowest BCUT2D eigenvalue weighted by Gasteiger charge is -2.10. The van der Waals surface area contributed by atoms with Crippen molar-refractivity contribution in [3.05, 3.63) is 27.5 Å². The molecule has 5 nitrogen and oxygen atoms in total. The Morgan fingerprint density at radius 2 is 2.06 bits per heavy atom. The number of hydrogen-bond acceptors (Lipinski definition) is 3. The van der Waals surface area contributed by atoms with Crippen LogP contribution in [0.15, 0.2) is 10.9 Å². The Hall–Kier alpha value is -2.06. The predicted molar refractivity (Wildman–Crippen MR) is 49.9 cm³/mol. The van der Waals surface area contributed by atoms with Gasteiger partial charge in [-0.05, 0) is 5.56 Å². The molecule has 1 heterocycles. The Morgan fingerprint density at radius 1 is 1.44 bits per heavy atom. The lowest BCUT2D eigenvalue weighted by Crippen LogP contribution is -2.23. The molecule has 0 saturated heterocycles. The van der Waals surface area contributed by atoms with Crippen molar-refractivity contribution in [2.45, 2.75) is 19.5 Å². The summed E-state index contributed by atoms with van der Waals surface area (Å²) in [5, 5.41) is 8.48. The topological polar surface area (TPSA) is 79.4 Å². The second-order valence-electron chi connectivity index (χ2n) is 3.22. The van der Waals surface area contributed by atoms with Gasteiger partial charge in [0, 0.05) is 11.6 Å². The Balaban J connectivity index is 3.19. The third kappa shape index (κ3) is 3.75. The Bertz CT molecular complexity index is 508. The van der Waals surface area contributed by atoms with Crippen LogP contribution in [0.2, 0.25) is 0 Å². The molecule has 0 aliphatic carbocycles. The van der Waals surface area contributed by atoms with E-state index in [0.717, 1.165) is 0 Å². The summed E-state index contributed by atoms with van der Waals surface area (Å²) in [6, 6.07) is 0.604. The van der Waals surface area contributed by atoms with Crippen LogP contribution < -0.4 is 10.3 Å². The van der Waals surface area contributed by atoms with Crippen LogP contribution in [-0.4, -0.2) is 22.4 Å². The smallest absolute Gasteiger partial charge is 0.481 e. The molecule has 1 rings (SSSR count). The molecular formula is C9H7F4NO4. The first-order chi connectivity index (χ1) is 8.23. The van der Waals surface area contributed by atoms with Crippen molar-refractivity contribution < 1.29 is 32.2 Å². The van der Waals surface area contributed by atoms with Crippen molar-refractivity contribution >= 4 is 5.97 Å². The van der Waals surface area contributed by atoms with Crippen LogP contribution in [0, 0.1) is 0 Å². The van der Waals surface area contributed by atoms with Crippen LogP contribution in [0.5, 0.6) is 5.88 Å². The molecule has 1 aromatic rings. The van der Waals surface area contributed by atoms with Crippen molar-refractivity contribution in [3.63, 3.8) is 0 Å². The number of carbonyl (C=O) groups is 1. The average Bonchev–Trinajstić information content (AvgIpc) is 2.18. The maximum Gasteiger partial charge on any atom is 0.574 e. The Labute approximate surface area is 97.0 Å². The molecule has 18 heavy (non-hydrogen) atoms. The van der Waals surface area contributed by atoms with E-state index < -0.39 is 48.0 Å². The van der Waals surface area contributed by atoms with Crippen molar-refractivity contribution in [2.24, 2.45) is 0 Å². The molecule has 9 heteroatoms. The highest BCUT2D eigenvalue weighted by atomic mass is 19.4. The van der Waals surface area contributed by atoms with Gasteiger partial charge in [0.25, 0.3) is 5.56 Å². The van der Waals surface area contributed by atoms with Crippen LogP contribution in [0.3, 0.4) is 0 Å². The number of carboxylic acids is 1. The second kappa shape index (κ2) is 5.07. The number of H-pyrrole nitrogens is 1. The van der Waals surface area contributed by atoms with Gasteiger partial charge in [0.1, 0.15) is 6.67 Å². The van der Waals surface area contributed by atoms with Gasteiger partial charge in [-0.25, -0.2) is 4.39 Å². The number of halogens is 4. The van der Waals surface area contributed by atoms with Gasteiger partial charge in [0.05, 0.1) is 6.42 Å². The minimum atomic E-state index is -5.04. The highest BCUT2D eigenvalue weighted by molar-refractivity contribution is 5.70. The first-order valence-corrected chi connectivity index (χ1v) is 4.51. The van der Waals surface area contributed by atoms with Gasteiger partial charge in [-0.3, -0.25) is 14.6 Å². The first-order valence-electron chi connectivity index (χ1n) is 4.51. The Kier molecular flexibility index (Phi) is 3.94. The van der Waals surface area contributed by atoms with E-state index in [-0.39, 0.29) is 0 Å². The van der Waals surface area contributed by atoms with Crippen molar-refractivity contribution in [1.29, 1.82) is 0 Å². The molecule has 0 unspecified atom stereocenters. The molecule has 0 bridgehead atoms. The number of aliphatic carboxylic acids is 1. The summed E-state index contributed by atoms with van der Waals surface area (Å²) < 4.78 is 51.6. The van der Waals surface area contributed by atoms with E-state index in [1.165, 1.54) is 0 Å². The molecule has 0 spiro atoms. The summed E-state index contributed by atoms with van der Waals surface area (Å²) in [4.78, 5) is 23.4. The number of rotatable bonds is 4. The number of aromatic nitrogens is 1. The highest BCUT2D eigenvalue weighted by Gasteiger charge is 2.32. The van der Waals surface area contributed by atoms with Crippen LogP contribution in [-0.2, 0) is 17.9 Å².